The molecule has 0 saturated heterocycles. The number of anilines is 1. The molecule has 0 saturated carbocycles. The van der Waals surface area contributed by atoms with Crippen LogP contribution in [0.1, 0.15) is 15.9 Å². The number of rotatable bonds is 3. The Labute approximate surface area is 194 Å². The van der Waals surface area contributed by atoms with E-state index in [4.69, 9.17) is 16.6 Å². The molecule has 1 aromatic heterocycles. The molecule has 3 N–H and O–H groups in total. The molecule has 0 atom stereocenters. The van der Waals surface area contributed by atoms with E-state index in [0.29, 0.717) is 33.8 Å². The van der Waals surface area contributed by atoms with Gasteiger partial charge in [0, 0.05) is 11.3 Å². The molecule has 0 spiro atoms. The van der Waals surface area contributed by atoms with Crippen molar-refractivity contribution in [2.45, 2.75) is 6.92 Å². The van der Waals surface area contributed by atoms with Crippen LogP contribution in [0, 0.1) is 6.92 Å². The Hall–Kier alpha value is -4.23. The maximum absolute atomic E-state index is 12.7. The van der Waals surface area contributed by atoms with Crippen LogP contribution in [-0.4, -0.2) is 21.1 Å². The third kappa shape index (κ3) is 4.26. The summed E-state index contributed by atoms with van der Waals surface area (Å²) in [5, 5.41) is 18.2. The number of amides is 1. The van der Waals surface area contributed by atoms with Gasteiger partial charge in [0.15, 0.2) is 10.7 Å². The SMILES string of the molecule is Cc1ccc2nc(-c3cc(NC(=S)NC(=O)c4ccc5ccccc5c4)ccc3O)oc2c1. The topological polar surface area (TPSA) is 87.4 Å². The number of aromatic nitrogens is 1. The number of carbonyl (C=O) groups excluding carboxylic acids is 1. The van der Waals surface area contributed by atoms with Crippen molar-refractivity contribution in [2.75, 3.05) is 5.32 Å². The first-order valence-electron chi connectivity index (χ1n) is 10.3. The molecule has 0 aliphatic rings. The zero-order valence-electron chi connectivity index (χ0n) is 17.6. The van der Waals surface area contributed by atoms with E-state index in [1.165, 1.54) is 6.07 Å². The van der Waals surface area contributed by atoms with E-state index in [2.05, 4.69) is 15.6 Å². The highest BCUT2D eigenvalue weighted by Crippen LogP contribution is 2.33. The van der Waals surface area contributed by atoms with Crippen molar-refractivity contribution < 1.29 is 14.3 Å². The maximum Gasteiger partial charge on any atom is 0.257 e. The van der Waals surface area contributed by atoms with Crippen molar-refractivity contribution >= 4 is 50.8 Å². The molecule has 6 nitrogen and oxygen atoms in total. The largest absolute Gasteiger partial charge is 0.507 e. The summed E-state index contributed by atoms with van der Waals surface area (Å²) in [5.74, 6) is 0.00406. The van der Waals surface area contributed by atoms with Gasteiger partial charge in [-0.05, 0) is 77.9 Å². The van der Waals surface area contributed by atoms with E-state index in [1.807, 2.05) is 61.5 Å². The lowest BCUT2D eigenvalue weighted by atomic mass is 10.1. The number of hydrogen-bond donors (Lipinski definition) is 3. The predicted molar refractivity (Wildman–Crippen MR) is 133 cm³/mol. The fraction of sp³-hybridized carbons (Fsp3) is 0.0385. The molecule has 5 aromatic rings. The highest BCUT2D eigenvalue weighted by Gasteiger charge is 2.15. The molecule has 1 amide bonds. The predicted octanol–water partition coefficient (Wildman–Crippen LogP) is 5.79. The summed E-state index contributed by atoms with van der Waals surface area (Å²) in [6.45, 7) is 1.97. The van der Waals surface area contributed by atoms with E-state index in [9.17, 15) is 9.90 Å². The van der Waals surface area contributed by atoms with Gasteiger partial charge in [-0.1, -0.05) is 36.4 Å². The second kappa shape index (κ2) is 8.37. The Morgan fingerprint density at radius 3 is 2.64 bits per heavy atom. The number of aromatic hydroxyl groups is 1. The molecule has 0 aliphatic carbocycles. The van der Waals surface area contributed by atoms with Crippen LogP contribution in [-0.2, 0) is 0 Å². The number of hydrogen-bond acceptors (Lipinski definition) is 5. The third-order valence-corrected chi connectivity index (χ3v) is 5.47. The van der Waals surface area contributed by atoms with E-state index in [1.54, 1.807) is 18.2 Å². The summed E-state index contributed by atoms with van der Waals surface area (Å²) >= 11 is 5.32. The van der Waals surface area contributed by atoms with Crippen LogP contribution >= 0.6 is 12.2 Å². The lowest BCUT2D eigenvalue weighted by molar-refractivity contribution is 0.0978. The first kappa shape index (κ1) is 20.7. The zero-order chi connectivity index (χ0) is 22.9. The second-order valence-electron chi connectivity index (χ2n) is 7.69. The normalized spacial score (nSPS) is 10.9. The second-order valence-corrected chi connectivity index (χ2v) is 8.10. The third-order valence-electron chi connectivity index (χ3n) is 5.27. The van der Waals surface area contributed by atoms with Crippen molar-refractivity contribution in [3.63, 3.8) is 0 Å². The van der Waals surface area contributed by atoms with Gasteiger partial charge in [-0.25, -0.2) is 4.98 Å². The lowest BCUT2D eigenvalue weighted by Crippen LogP contribution is -2.34. The minimum Gasteiger partial charge on any atom is -0.507 e. The van der Waals surface area contributed by atoms with E-state index >= 15 is 0 Å². The molecule has 33 heavy (non-hydrogen) atoms. The standard InChI is InChI=1S/C26H19N3O3S/c1-15-6-10-21-23(12-15)32-25(28-21)20-14-19(9-11-22(20)30)27-26(33)29-24(31)18-8-7-16-4-2-3-5-17(16)13-18/h2-14,30H,1H3,(H2,27,29,31,33). The van der Waals surface area contributed by atoms with E-state index < -0.39 is 0 Å². The van der Waals surface area contributed by atoms with Crippen LogP contribution in [0.5, 0.6) is 5.75 Å². The molecule has 7 heteroatoms. The van der Waals surface area contributed by atoms with E-state index in [-0.39, 0.29) is 16.8 Å². The van der Waals surface area contributed by atoms with Crippen molar-refractivity contribution in [2.24, 2.45) is 0 Å². The maximum atomic E-state index is 12.7. The molecule has 0 aliphatic heterocycles. The smallest absolute Gasteiger partial charge is 0.257 e. The average Bonchev–Trinajstić information content (AvgIpc) is 3.22. The molecule has 0 bridgehead atoms. The molecule has 1 heterocycles. The van der Waals surface area contributed by atoms with Gasteiger partial charge >= 0.3 is 0 Å². The summed E-state index contributed by atoms with van der Waals surface area (Å²) in [7, 11) is 0. The Morgan fingerprint density at radius 1 is 0.970 bits per heavy atom. The number of carbonyl (C=O) groups is 1. The number of phenolic OH excluding ortho intramolecular Hbond substituents is 1. The van der Waals surface area contributed by atoms with Crippen LogP contribution in [0.3, 0.4) is 0 Å². The summed E-state index contributed by atoms with van der Waals surface area (Å²) in [4.78, 5) is 17.1. The summed E-state index contributed by atoms with van der Waals surface area (Å²) in [6, 6.07) is 23.8. The summed E-state index contributed by atoms with van der Waals surface area (Å²) < 4.78 is 5.83. The monoisotopic (exact) mass is 453 g/mol. The van der Waals surface area contributed by atoms with Crippen molar-refractivity contribution in [1.82, 2.24) is 10.3 Å². The minimum absolute atomic E-state index is 0.0231. The quantitative estimate of drug-likeness (QED) is 0.237. The molecular formula is C26H19N3O3S. The van der Waals surface area contributed by atoms with Crippen LogP contribution in [0.25, 0.3) is 33.3 Å². The Bertz CT molecular complexity index is 1540. The average molecular weight is 454 g/mol. The first-order valence-corrected chi connectivity index (χ1v) is 10.7. The summed E-state index contributed by atoms with van der Waals surface area (Å²) in [6.07, 6.45) is 0. The highest BCUT2D eigenvalue weighted by molar-refractivity contribution is 7.80. The molecule has 0 unspecified atom stereocenters. The van der Waals surface area contributed by atoms with E-state index in [0.717, 1.165) is 16.3 Å². The van der Waals surface area contributed by atoms with Gasteiger partial charge in [-0.15, -0.1) is 0 Å². The van der Waals surface area contributed by atoms with Crippen LogP contribution in [0.2, 0.25) is 0 Å². The fourth-order valence-electron chi connectivity index (χ4n) is 3.60. The van der Waals surface area contributed by atoms with Gasteiger partial charge in [-0.2, -0.15) is 0 Å². The molecule has 5 rings (SSSR count). The zero-order valence-corrected chi connectivity index (χ0v) is 18.4. The van der Waals surface area contributed by atoms with Gasteiger partial charge in [-0.3, -0.25) is 10.1 Å². The van der Waals surface area contributed by atoms with Gasteiger partial charge in [0.25, 0.3) is 5.91 Å². The van der Waals surface area contributed by atoms with Crippen molar-refractivity contribution in [1.29, 1.82) is 0 Å². The Morgan fingerprint density at radius 2 is 1.79 bits per heavy atom. The van der Waals surface area contributed by atoms with Crippen LogP contribution in [0.4, 0.5) is 5.69 Å². The number of aryl methyl sites for hydroxylation is 1. The number of fused-ring (bicyclic) bond motifs is 2. The molecule has 4 aromatic carbocycles. The first-order chi connectivity index (χ1) is 16.0. The van der Waals surface area contributed by atoms with Gasteiger partial charge in [0.05, 0.1) is 5.56 Å². The Balaban J connectivity index is 1.34. The number of nitrogens with zero attached hydrogens (tertiary/aromatic N) is 1. The number of thiocarbonyl (C=S) groups is 1. The van der Waals surface area contributed by atoms with Crippen LogP contribution < -0.4 is 10.6 Å². The number of nitrogens with one attached hydrogen (secondary N) is 2. The minimum atomic E-state index is -0.313. The number of phenols is 1. The van der Waals surface area contributed by atoms with Gasteiger partial charge < -0.3 is 14.8 Å². The highest BCUT2D eigenvalue weighted by atomic mass is 32.1. The van der Waals surface area contributed by atoms with Gasteiger partial charge in [0.1, 0.15) is 11.3 Å². The van der Waals surface area contributed by atoms with Crippen molar-refractivity contribution in [3.8, 4) is 17.2 Å². The number of oxazole rings is 1. The molecule has 162 valence electrons. The lowest BCUT2D eigenvalue weighted by Gasteiger charge is -2.11. The van der Waals surface area contributed by atoms with Crippen LogP contribution in [0.15, 0.2) is 83.3 Å². The Kier molecular flexibility index (Phi) is 5.24. The summed E-state index contributed by atoms with van der Waals surface area (Å²) in [5.41, 5.74) is 3.89. The fourth-order valence-corrected chi connectivity index (χ4v) is 3.81. The molecular weight excluding hydrogens is 434 g/mol. The molecule has 0 fully saturated rings. The molecule has 0 radical (unpaired) electrons. The van der Waals surface area contributed by atoms with Crippen molar-refractivity contribution in [3.05, 3.63) is 90.0 Å². The van der Waals surface area contributed by atoms with Gasteiger partial charge in [0.2, 0.25) is 5.89 Å². The number of benzene rings is 4.